The minimum absolute atomic E-state index is 0.357. The maximum absolute atomic E-state index is 13.2. The highest BCUT2D eigenvalue weighted by Gasteiger charge is 2.06. The Morgan fingerprint density at radius 1 is 1.05 bits per heavy atom. The summed E-state index contributed by atoms with van der Waals surface area (Å²) in [4.78, 5) is 0. The van der Waals surface area contributed by atoms with Gasteiger partial charge in [0, 0.05) is 6.54 Å². The van der Waals surface area contributed by atoms with E-state index in [4.69, 9.17) is 0 Å². The van der Waals surface area contributed by atoms with Crippen molar-refractivity contribution in [1.82, 2.24) is 20.2 Å². The standard InChI is InChI=1S/C14H11F2N5/c15-11-6-5-10(7-12(11)16)8-17-13-3-1-2-4-14(13)21-9-18-19-20-21/h1-7,9,17H,8H2. The van der Waals surface area contributed by atoms with E-state index in [2.05, 4.69) is 20.8 Å². The molecule has 2 aromatic carbocycles. The van der Waals surface area contributed by atoms with Crippen LogP contribution in [-0.2, 0) is 6.54 Å². The number of benzene rings is 2. The fourth-order valence-corrected chi connectivity index (χ4v) is 1.94. The Labute approximate surface area is 119 Å². The number of hydrogen-bond donors (Lipinski definition) is 1. The van der Waals surface area contributed by atoms with Gasteiger partial charge in [0.1, 0.15) is 6.33 Å². The van der Waals surface area contributed by atoms with Gasteiger partial charge in [0.2, 0.25) is 0 Å². The maximum Gasteiger partial charge on any atom is 0.159 e. The molecule has 0 amide bonds. The van der Waals surface area contributed by atoms with E-state index >= 15 is 0 Å². The van der Waals surface area contributed by atoms with Gasteiger partial charge in [0.05, 0.1) is 11.4 Å². The molecule has 0 aliphatic carbocycles. The molecule has 0 fully saturated rings. The van der Waals surface area contributed by atoms with Gasteiger partial charge >= 0.3 is 0 Å². The molecule has 106 valence electrons. The fraction of sp³-hybridized carbons (Fsp3) is 0.0714. The van der Waals surface area contributed by atoms with Gasteiger partial charge in [-0.3, -0.25) is 0 Å². The number of nitrogens with zero attached hydrogens (tertiary/aromatic N) is 4. The van der Waals surface area contributed by atoms with Crippen LogP contribution >= 0.6 is 0 Å². The van der Waals surface area contributed by atoms with Crippen molar-refractivity contribution >= 4 is 5.69 Å². The van der Waals surface area contributed by atoms with E-state index < -0.39 is 11.6 Å². The van der Waals surface area contributed by atoms with Crippen LogP contribution in [0.2, 0.25) is 0 Å². The SMILES string of the molecule is Fc1ccc(CNc2ccccc2-n2cnnn2)cc1F. The number of nitrogens with one attached hydrogen (secondary N) is 1. The van der Waals surface area contributed by atoms with Crippen molar-refractivity contribution in [2.45, 2.75) is 6.54 Å². The van der Waals surface area contributed by atoms with Crippen LogP contribution in [0.4, 0.5) is 14.5 Å². The summed E-state index contributed by atoms with van der Waals surface area (Å²) in [6, 6.07) is 11.2. The lowest BCUT2D eigenvalue weighted by Gasteiger charge is -2.11. The predicted octanol–water partition coefficient (Wildman–Crippen LogP) is 2.55. The second-order valence-electron chi connectivity index (χ2n) is 4.37. The number of rotatable bonds is 4. The summed E-state index contributed by atoms with van der Waals surface area (Å²) in [5.41, 5.74) is 2.19. The number of para-hydroxylation sites is 2. The molecular weight excluding hydrogens is 276 g/mol. The Kier molecular flexibility index (Phi) is 3.55. The quantitative estimate of drug-likeness (QED) is 0.801. The molecule has 0 bridgehead atoms. The molecule has 0 aliphatic rings. The molecule has 0 radical (unpaired) electrons. The smallest absolute Gasteiger partial charge is 0.159 e. The number of hydrogen-bond acceptors (Lipinski definition) is 4. The molecule has 0 saturated carbocycles. The number of anilines is 1. The van der Waals surface area contributed by atoms with Crippen molar-refractivity contribution < 1.29 is 8.78 Å². The van der Waals surface area contributed by atoms with Crippen LogP contribution in [0, 0.1) is 11.6 Å². The minimum atomic E-state index is -0.858. The van der Waals surface area contributed by atoms with Crippen molar-refractivity contribution in [3.63, 3.8) is 0 Å². The minimum Gasteiger partial charge on any atom is -0.379 e. The van der Waals surface area contributed by atoms with E-state index in [9.17, 15) is 8.78 Å². The zero-order valence-electron chi connectivity index (χ0n) is 10.9. The first-order valence-corrected chi connectivity index (χ1v) is 6.24. The Balaban J connectivity index is 1.81. The summed E-state index contributed by atoms with van der Waals surface area (Å²) in [7, 11) is 0. The van der Waals surface area contributed by atoms with Crippen molar-refractivity contribution in [2.24, 2.45) is 0 Å². The van der Waals surface area contributed by atoms with Gasteiger partial charge in [-0.05, 0) is 40.3 Å². The van der Waals surface area contributed by atoms with E-state index in [1.165, 1.54) is 23.1 Å². The van der Waals surface area contributed by atoms with Gasteiger partial charge in [0.15, 0.2) is 11.6 Å². The molecular formula is C14H11F2N5. The highest BCUT2D eigenvalue weighted by molar-refractivity contribution is 5.60. The summed E-state index contributed by atoms with van der Waals surface area (Å²) in [6.07, 6.45) is 1.48. The molecule has 7 heteroatoms. The fourth-order valence-electron chi connectivity index (χ4n) is 1.94. The molecule has 5 nitrogen and oxygen atoms in total. The van der Waals surface area contributed by atoms with Gasteiger partial charge in [-0.1, -0.05) is 18.2 Å². The summed E-state index contributed by atoms with van der Waals surface area (Å²) in [6.45, 7) is 0.357. The summed E-state index contributed by atoms with van der Waals surface area (Å²) >= 11 is 0. The van der Waals surface area contributed by atoms with E-state index in [1.54, 1.807) is 0 Å². The lowest BCUT2D eigenvalue weighted by atomic mass is 10.2. The third-order valence-electron chi connectivity index (χ3n) is 2.97. The zero-order chi connectivity index (χ0) is 14.7. The maximum atomic E-state index is 13.2. The second kappa shape index (κ2) is 5.66. The molecule has 0 unspecified atom stereocenters. The average Bonchev–Trinajstić information content (AvgIpc) is 3.03. The molecule has 0 atom stereocenters. The second-order valence-corrected chi connectivity index (χ2v) is 4.37. The Morgan fingerprint density at radius 2 is 1.90 bits per heavy atom. The largest absolute Gasteiger partial charge is 0.379 e. The van der Waals surface area contributed by atoms with Crippen LogP contribution in [0.15, 0.2) is 48.8 Å². The molecule has 0 aliphatic heterocycles. The summed E-state index contributed by atoms with van der Waals surface area (Å²) in [5.74, 6) is -1.71. The van der Waals surface area contributed by atoms with Crippen molar-refractivity contribution in [3.05, 3.63) is 66.0 Å². The molecule has 0 spiro atoms. The molecule has 3 rings (SSSR count). The molecule has 1 N–H and O–H groups in total. The van der Waals surface area contributed by atoms with E-state index in [-0.39, 0.29) is 0 Å². The van der Waals surface area contributed by atoms with E-state index in [0.717, 1.165) is 17.4 Å². The third kappa shape index (κ3) is 2.86. The first-order valence-electron chi connectivity index (χ1n) is 6.24. The van der Waals surface area contributed by atoms with Gasteiger partial charge in [0.25, 0.3) is 0 Å². The first-order chi connectivity index (χ1) is 10.2. The molecule has 1 heterocycles. The molecule has 1 aromatic heterocycles. The topological polar surface area (TPSA) is 55.6 Å². The van der Waals surface area contributed by atoms with Crippen molar-refractivity contribution in [2.75, 3.05) is 5.32 Å². The Hall–Kier alpha value is -2.83. The van der Waals surface area contributed by atoms with Crippen molar-refractivity contribution in [3.8, 4) is 5.69 Å². The van der Waals surface area contributed by atoms with Gasteiger partial charge < -0.3 is 5.32 Å². The van der Waals surface area contributed by atoms with E-state index in [0.29, 0.717) is 12.1 Å². The average molecular weight is 287 g/mol. The molecule has 0 saturated heterocycles. The lowest BCUT2D eigenvalue weighted by Crippen LogP contribution is -2.05. The Morgan fingerprint density at radius 3 is 2.67 bits per heavy atom. The van der Waals surface area contributed by atoms with Crippen LogP contribution in [0.25, 0.3) is 5.69 Å². The first kappa shape index (κ1) is 13.2. The van der Waals surface area contributed by atoms with Gasteiger partial charge in [-0.2, -0.15) is 4.68 Å². The van der Waals surface area contributed by atoms with Crippen LogP contribution in [0.1, 0.15) is 5.56 Å². The van der Waals surface area contributed by atoms with E-state index in [1.807, 2.05) is 24.3 Å². The highest BCUT2D eigenvalue weighted by Crippen LogP contribution is 2.19. The number of aromatic nitrogens is 4. The Bertz CT molecular complexity index is 743. The van der Waals surface area contributed by atoms with Crippen molar-refractivity contribution in [1.29, 1.82) is 0 Å². The van der Waals surface area contributed by atoms with Crippen LogP contribution in [0.3, 0.4) is 0 Å². The predicted molar refractivity (Wildman–Crippen MR) is 72.8 cm³/mol. The monoisotopic (exact) mass is 287 g/mol. The van der Waals surface area contributed by atoms with Gasteiger partial charge in [-0.25, -0.2) is 8.78 Å². The molecule has 21 heavy (non-hydrogen) atoms. The van der Waals surface area contributed by atoms with Crippen LogP contribution in [-0.4, -0.2) is 20.2 Å². The van der Waals surface area contributed by atoms with Crippen LogP contribution in [0.5, 0.6) is 0 Å². The highest BCUT2D eigenvalue weighted by atomic mass is 19.2. The normalized spacial score (nSPS) is 10.6. The van der Waals surface area contributed by atoms with Crippen LogP contribution < -0.4 is 5.32 Å². The summed E-state index contributed by atoms with van der Waals surface area (Å²) < 4.78 is 27.6. The summed E-state index contributed by atoms with van der Waals surface area (Å²) in [5, 5.41) is 14.2. The van der Waals surface area contributed by atoms with Gasteiger partial charge in [-0.15, -0.1) is 5.10 Å². The zero-order valence-corrected chi connectivity index (χ0v) is 10.9. The number of halogens is 2. The molecule has 3 aromatic rings. The number of tetrazole rings is 1. The lowest BCUT2D eigenvalue weighted by molar-refractivity contribution is 0.507. The third-order valence-corrected chi connectivity index (χ3v) is 2.97.